The van der Waals surface area contributed by atoms with Crippen molar-refractivity contribution in [3.05, 3.63) is 101 Å². The van der Waals surface area contributed by atoms with Gasteiger partial charge in [0.25, 0.3) is 15.9 Å². The number of sulfonamides is 1. The van der Waals surface area contributed by atoms with Crippen molar-refractivity contribution < 1.29 is 27.0 Å². The van der Waals surface area contributed by atoms with E-state index in [1.807, 2.05) is 68.4 Å². The van der Waals surface area contributed by atoms with E-state index in [1.54, 1.807) is 39.1 Å². The molecule has 43 heavy (non-hydrogen) atoms. The molecule has 1 unspecified atom stereocenters. The molecule has 4 rings (SSSR count). The van der Waals surface area contributed by atoms with Gasteiger partial charge in [-0.3, -0.25) is 9.52 Å². The molecule has 9 nitrogen and oxygen atoms in total. The van der Waals surface area contributed by atoms with Gasteiger partial charge in [0.05, 0.1) is 18.4 Å². The summed E-state index contributed by atoms with van der Waals surface area (Å²) in [6, 6.07) is 22.8. The lowest BCUT2D eigenvalue weighted by molar-refractivity contribution is -0.865. The number of amides is 2. The molecule has 1 aromatic heterocycles. The van der Waals surface area contributed by atoms with E-state index in [0.29, 0.717) is 28.9 Å². The van der Waals surface area contributed by atoms with Crippen LogP contribution >= 0.6 is 0 Å². The molecule has 3 aromatic carbocycles. The summed E-state index contributed by atoms with van der Waals surface area (Å²) in [6.07, 6.45) is 0.632. The number of carbonyl (C=O) groups is 2. The van der Waals surface area contributed by atoms with Crippen LogP contribution in [0.5, 0.6) is 0 Å². The first-order chi connectivity index (χ1) is 20.3. The zero-order chi connectivity index (χ0) is 31.4. The number of primary amides is 1. The van der Waals surface area contributed by atoms with Gasteiger partial charge in [0.15, 0.2) is 11.9 Å². The Kier molecular flexibility index (Phi) is 9.52. The van der Waals surface area contributed by atoms with Crippen molar-refractivity contribution in [3.63, 3.8) is 0 Å². The van der Waals surface area contributed by atoms with Crippen LogP contribution in [-0.4, -0.2) is 43.0 Å². The maximum Gasteiger partial charge on any atom is 0.318 e. The highest BCUT2D eigenvalue weighted by molar-refractivity contribution is 7.92. The summed E-state index contributed by atoms with van der Waals surface area (Å²) in [5.41, 5.74) is 9.37. The molecule has 2 atom stereocenters. The third-order valence-corrected chi connectivity index (χ3v) is 9.22. The maximum atomic E-state index is 13.9. The van der Waals surface area contributed by atoms with Gasteiger partial charge in [-0.05, 0) is 37.0 Å². The summed E-state index contributed by atoms with van der Waals surface area (Å²) in [5, 5.41) is 3.83. The van der Waals surface area contributed by atoms with Crippen LogP contribution in [0, 0.1) is 19.8 Å². The minimum atomic E-state index is -3.99. The largest absolute Gasteiger partial charge is 0.364 e. The molecule has 0 fully saturated rings. The molecule has 0 aliphatic carbocycles. The monoisotopic (exact) mass is 603 g/mol. The van der Waals surface area contributed by atoms with E-state index in [4.69, 9.17) is 10.3 Å². The van der Waals surface area contributed by atoms with Gasteiger partial charge in [0.1, 0.15) is 12.3 Å². The predicted molar refractivity (Wildman–Crippen MR) is 166 cm³/mol. The molecule has 0 bridgehead atoms. The van der Waals surface area contributed by atoms with Gasteiger partial charge in [-0.15, -0.1) is 0 Å². The predicted octanol–water partition coefficient (Wildman–Crippen LogP) is 5.38. The van der Waals surface area contributed by atoms with Gasteiger partial charge in [-0.2, -0.15) is 0 Å². The Morgan fingerprint density at radius 2 is 1.56 bits per heavy atom. The number of benzene rings is 3. The Morgan fingerprint density at radius 3 is 2.14 bits per heavy atom. The van der Waals surface area contributed by atoms with E-state index in [-0.39, 0.29) is 40.0 Å². The number of anilines is 1. The van der Waals surface area contributed by atoms with Gasteiger partial charge in [0.2, 0.25) is 0 Å². The molecule has 0 aliphatic rings. The number of likely N-dealkylation sites (N-methyl/N-ethyl adjacent to an activating group) is 1. The van der Waals surface area contributed by atoms with Crippen molar-refractivity contribution >= 4 is 27.7 Å². The normalized spacial score (nSPS) is 13.8. The topological polar surface area (TPSA) is 132 Å². The molecule has 0 saturated carbocycles. The quantitative estimate of drug-likeness (QED) is 0.209. The molecular formula is C33H39N4O5S+. The second-order valence-electron chi connectivity index (χ2n) is 11.5. The molecule has 4 aromatic rings. The molecule has 2 amide bonds. The zero-order valence-corrected chi connectivity index (χ0v) is 26.0. The van der Waals surface area contributed by atoms with Gasteiger partial charge >= 0.3 is 5.91 Å². The summed E-state index contributed by atoms with van der Waals surface area (Å²) in [5.74, 6) is 0.198. The van der Waals surface area contributed by atoms with Gasteiger partial charge in [0, 0.05) is 23.1 Å². The Morgan fingerprint density at radius 1 is 0.930 bits per heavy atom. The number of nitrogens with one attached hydrogen (secondary N) is 1. The Hall–Kier alpha value is -4.28. The number of quaternary nitrogens is 1. The Bertz CT molecular complexity index is 1700. The van der Waals surface area contributed by atoms with Crippen molar-refractivity contribution in [2.24, 2.45) is 11.7 Å². The highest BCUT2D eigenvalue weighted by atomic mass is 32.2. The minimum Gasteiger partial charge on any atom is -0.364 e. The second kappa shape index (κ2) is 12.9. The van der Waals surface area contributed by atoms with Crippen molar-refractivity contribution in [1.82, 2.24) is 5.16 Å². The van der Waals surface area contributed by atoms with Gasteiger partial charge in [-0.25, -0.2) is 17.7 Å². The molecule has 0 aliphatic heterocycles. The molecular weight excluding hydrogens is 564 g/mol. The summed E-state index contributed by atoms with van der Waals surface area (Å²) < 4.78 is 34.2. The number of nitrogens with zero attached hydrogens (tertiary/aromatic N) is 2. The SMILES string of the molecule is Cc1onc(NS(=O)(=O)c2ccccc2-c2ccc(C[N+](C)(C(=O)Cc3ccccc3)[C@@H](CC(C)C)C(N)=O)cc2)c1C. The average Bonchev–Trinajstić information content (AvgIpc) is 3.28. The van der Waals surface area contributed by atoms with Crippen molar-refractivity contribution in [2.45, 2.75) is 58.0 Å². The average molecular weight is 604 g/mol. The molecule has 10 heteroatoms. The Labute approximate surface area is 253 Å². The number of hydrogen-bond acceptors (Lipinski definition) is 6. The second-order valence-corrected chi connectivity index (χ2v) is 13.2. The maximum absolute atomic E-state index is 13.9. The fourth-order valence-electron chi connectivity index (χ4n) is 5.20. The summed E-state index contributed by atoms with van der Waals surface area (Å²) in [6.45, 7) is 7.70. The van der Waals surface area contributed by atoms with Crippen LogP contribution in [0.15, 0.2) is 88.3 Å². The highest BCUT2D eigenvalue weighted by Gasteiger charge is 2.43. The lowest BCUT2D eigenvalue weighted by Gasteiger charge is -2.38. The molecule has 3 N–H and O–H groups in total. The van der Waals surface area contributed by atoms with Crippen LogP contribution in [0.25, 0.3) is 11.1 Å². The van der Waals surface area contributed by atoms with Crippen LogP contribution in [0.2, 0.25) is 0 Å². The number of aryl methyl sites for hydroxylation is 1. The van der Waals surface area contributed by atoms with Crippen molar-refractivity contribution in [1.29, 1.82) is 0 Å². The molecule has 0 radical (unpaired) electrons. The molecule has 0 saturated heterocycles. The first kappa shape index (κ1) is 31.7. The molecule has 1 heterocycles. The van der Waals surface area contributed by atoms with Crippen LogP contribution in [-0.2, 0) is 32.6 Å². The Balaban J connectivity index is 1.66. The number of hydrogen-bond donors (Lipinski definition) is 2. The van der Waals surface area contributed by atoms with Gasteiger partial charge < -0.3 is 10.3 Å². The summed E-state index contributed by atoms with van der Waals surface area (Å²) in [7, 11) is -2.21. The van der Waals surface area contributed by atoms with E-state index in [2.05, 4.69) is 9.88 Å². The minimum absolute atomic E-state index is 0.0900. The first-order valence-electron chi connectivity index (χ1n) is 14.2. The molecule has 0 spiro atoms. The van der Waals surface area contributed by atoms with E-state index >= 15 is 0 Å². The van der Waals surface area contributed by atoms with E-state index < -0.39 is 22.0 Å². The fraction of sp³-hybridized carbons (Fsp3) is 0.303. The lowest BCUT2D eigenvalue weighted by Crippen LogP contribution is -2.61. The van der Waals surface area contributed by atoms with Crippen LogP contribution < -0.4 is 10.5 Å². The summed E-state index contributed by atoms with van der Waals surface area (Å²) in [4.78, 5) is 26.7. The van der Waals surface area contributed by atoms with Crippen LogP contribution in [0.1, 0.15) is 42.7 Å². The van der Waals surface area contributed by atoms with E-state index in [9.17, 15) is 18.0 Å². The number of carbonyl (C=O) groups excluding carboxylic acids is 2. The third-order valence-electron chi connectivity index (χ3n) is 7.82. The van der Waals surface area contributed by atoms with Crippen LogP contribution in [0.4, 0.5) is 5.82 Å². The summed E-state index contributed by atoms with van der Waals surface area (Å²) >= 11 is 0. The van der Waals surface area contributed by atoms with Crippen LogP contribution in [0.3, 0.4) is 0 Å². The molecule has 226 valence electrons. The highest BCUT2D eigenvalue weighted by Crippen LogP contribution is 2.31. The number of aromatic nitrogens is 1. The van der Waals surface area contributed by atoms with E-state index in [0.717, 1.165) is 11.1 Å². The van der Waals surface area contributed by atoms with E-state index in [1.165, 1.54) is 6.07 Å². The number of nitrogens with two attached hydrogens (primary N) is 1. The smallest absolute Gasteiger partial charge is 0.318 e. The standard InChI is InChI=1S/C33H38N4O5S/c1-22(2)19-29(32(34)39)37(5,31(38)20-25-11-7-6-8-12-25)21-26-15-17-27(18-16-26)28-13-9-10-14-30(28)43(40,41)36-33-23(3)24(4)42-35-33/h6-18,22,29H,19-21H2,1-5H3,(H2-,34,35,36,39)/p+1/t29-,37?/m0/s1. The van der Waals surface area contributed by atoms with Crippen molar-refractivity contribution in [2.75, 3.05) is 11.8 Å². The first-order valence-corrected chi connectivity index (χ1v) is 15.7. The fourth-order valence-corrected chi connectivity index (χ4v) is 6.49. The third kappa shape index (κ3) is 7.21. The van der Waals surface area contributed by atoms with Gasteiger partial charge in [-0.1, -0.05) is 91.8 Å². The van der Waals surface area contributed by atoms with Crippen molar-refractivity contribution in [3.8, 4) is 11.1 Å². The zero-order valence-electron chi connectivity index (χ0n) is 25.2. The lowest BCUT2D eigenvalue weighted by atomic mass is 9.96. The number of rotatable bonds is 12.